The van der Waals surface area contributed by atoms with Gasteiger partial charge in [-0.2, -0.15) is 18.3 Å². The highest BCUT2D eigenvalue weighted by Gasteiger charge is 2.27. The summed E-state index contributed by atoms with van der Waals surface area (Å²) in [6.07, 6.45) is 0.894. The first-order valence-corrected chi connectivity index (χ1v) is 10.4. The molecule has 190 valence electrons. The van der Waals surface area contributed by atoms with Crippen LogP contribution in [0.2, 0.25) is 0 Å². The maximum atomic E-state index is 14.3. The lowest BCUT2D eigenvalue weighted by molar-refractivity contribution is -0.115. The number of nitrogen functional groups attached to an aromatic ring is 1. The van der Waals surface area contributed by atoms with E-state index in [1.807, 2.05) is 0 Å². The molecule has 2 heterocycles. The topological polar surface area (TPSA) is 167 Å². The van der Waals surface area contributed by atoms with E-state index < -0.39 is 41.7 Å². The Hall–Kier alpha value is -4.62. The normalized spacial score (nSPS) is 11.0. The number of halogens is 3. The lowest BCUT2D eigenvalue weighted by atomic mass is 10.1. The molecule has 0 aliphatic carbocycles. The lowest BCUT2D eigenvalue weighted by Gasteiger charge is -2.10. The Bertz CT molecular complexity index is 1290. The molecule has 0 unspecified atom stereocenters. The number of carbonyl (C=O) groups excluding carboxylic acids is 3. The van der Waals surface area contributed by atoms with E-state index in [4.69, 9.17) is 11.5 Å². The van der Waals surface area contributed by atoms with Crippen LogP contribution in [0.3, 0.4) is 0 Å². The number of aromatic nitrogens is 3. The van der Waals surface area contributed by atoms with Gasteiger partial charge in [-0.15, -0.1) is 0 Å². The van der Waals surface area contributed by atoms with E-state index in [1.54, 1.807) is 13.8 Å². The Morgan fingerprint density at radius 1 is 1.14 bits per heavy atom. The van der Waals surface area contributed by atoms with Crippen molar-refractivity contribution in [1.29, 1.82) is 0 Å². The van der Waals surface area contributed by atoms with Gasteiger partial charge in [0.15, 0.2) is 5.69 Å². The van der Waals surface area contributed by atoms with Gasteiger partial charge in [0.1, 0.15) is 17.1 Å². The molecule has 14 heteroatoms. The van der Waals surface area contributed by atoms with E-state index in [1.165, 1.54) is 28.9 Å². The van der Waals surface area contributed by atoms with Crippen molar-refractivity contribution in [2.24, 2.45) is 5.73 Å². The minimum absolute atomic E-state index is 0.0525. The van der Waals surface area contributed by atoms with E-state index in [0.717, 1.165) is 12.3 Å². The van der Waals surface area contributed by atoms with E-state index in [9.17, 15) is 27.6 Å². The second-order valence-corrected chi connectivity index (χ2v) is 7.78. The predicted octanol–water partition coefficient (Wildman–Crippen LogP) is 2.71. The summed E-state index contributed by atoms with van der Waals surface area (Å²) in [5, 5.41) is 8.75. The molecule has 0 spiro atoms. The minimum atomic E-state index is -2.97. The zero-order valence-electron chi connectivity index (χ0n) is 19.1. The maximum absolute atomic E-state index is 14.3. The summed E-state index contributed by atoms with van der Waals surface area (Å²) in [7, 11) is 0. The van der Waals surface area contributed by atoms with E-state index in [0.29, 0.717) is 5.56 Å². The van der Waals surface area contributed by atoms with Crippen molar-refractivity contribution in [1.82, 2.24) is 14.8 Å². The Morgan fingerprint density at radius 2 is 1.81 bits per heavy atom. The van der Waals surface area contributed by atoms with Crippen molar-refractivity contribution in [2.45, 2.75) is 32.9 Å². The molecule has 11 nitrogen and oxygen atoms in total. The average molecular weight is 505 g/mol. The summed E-state index contributed by atoms with van der Waals surface area (Å²) in [4.78, 5) is 40.5. The largest absolute Gasteiger partial charge is 0.435 e. The summed E-state index contributed by atoms with van der Waals surface area (Å²) in [6.45, 7) is 0.472. The second-order valence-electron chi connectivity index (χ2n) is 7.78. The summed E-state index contributed by atoms with van der Waals surface area (Å²) in [6, 6.07) is 6.26. The molecular formula is C22H22F3N7O4. The molecule has 1 aromatic carbocycles. The molecule has 0 aliphatic rings. The summed E-state index contributed by atoms with van der Waals surface area (Å²) in [5.41, 5.74) is 10.6. The molecule has 3 amide bonds. The summed E-state index contributed by atoms with van der Waals surface area (Å²) < 4.78 is 44.2. The first kappa shape index (κ1) is 26.0. The maximum Gasteiger partial charge on any atom is 0.387 e. The number of nitrogens with two attached hydrogens (primary N) is 2. The highest BCUT2D eigenvalue weighted by molar-refractivity contribution is 6.12. The fraction of sp³-hybridized carbons (Fsp3) is 0.227. The third-order valence-corrected chi connectivity index (χ3v) is 4.78. The first-order chi connectivity index (χ1) is 17.0. The molecule has 2 aromatic heterocycles. The molecule has 36 heavy (non-hydrogen) atoms. The van der Waals surface area contributed by atoms with Gasteiger partial charge >= 0.3 is 6.61 Å². The van der Waals surface area contributed by atoms with Gasteiger partial charge in [0.2, 0.25) is 11.9 Å². The SMILES string of the molecule is CC(C)n1nc(C(=O)Nc2cc(NC(=O)Cc3ccc(OC(F)F)cc3)cnc2F)c(C(N)=O)c1N. The molecule has 3 rings (SSSR count). The van der Waals surface area contributed by atoms with Crippen LogP contribution in [0.15, 0.2) is 36.5 Å². The average Bonchev–Trinajstić information content (AvgIpc) is 3.15. The van der Waals surface area contributed by atoms with E-state index in [2.05, 4.69) is 25.5 Å². The highest BCUT2D eigenvalue weighted by atomic mass is 19.3. The van der Waals surface area contributed by atoms with Gasteiger partial charge in [-0.25, -0.2) is 9.67 Å². The monoisotopic (exact) mass is 505 g/mol. The highest BCUT2D eigenvalue weighted by Crippen LogP contribution is 2.23. The molecule has 6 N–H and O–H groups in total. The van der Waals surface area contributed by atoms with Gasteiger partial charge in [-0.05, 0) is 37.6 Å². The Kier molecular flexibility index (Phi) is 7.77. The number of anilines is 3. The molecule has 0 saturated carbocycles. The number of rotatable bonds is 9. The van der Waals surface area contributed by atoms with Crippen molar-refractivity contribution < 1.29 is 32.3 Å². The summed E-state index contributed by atoms with van der Waals surface area (Å²) >= 11 is 0. The number of pyridine rings is 1. The van der Waals surface area contributed by atoms with Crippen molar-refractivity contribution in [3.05, 3.63) is 59.3 Å². The molecule has 0 radical (unpaired) electrons. The number of benzene rings is 1. The van der Waals surface area contributed by atoms with Crippen LogP contribution in [-0.2, 0) is 11.2 Å². The predicted molar refractivity (Wildman–Crippen MR) is 123 cm³/mol. The van der Waals surface area contributed by atoms with E-state index >= 15 is 0 Å². The fourth-order valence-electron chi connectivity index (χ4n) is 3.21. The number of nitrogens with zero attached hydrogens (tertiary/aromatic N) is 3. The molecular weight excluding hydrogens is 483 g/mol. The van der Waals surface area contributed by atoms with Gasteiger partial charge in [-0.1, -0.05) is 12.1 Å². The number of ether oxygens (including phenoxy) is 1. The van der Waals surface area contributed by atoms with Crippen LogP contribution >= 0.6 is 0 Å². The van der Waals surface area contributed by atoms with Crippen LogP contribution < -0.4 is 26.8 Å². The van der Waals surface area contributed by atoms with Crippen LogP contribution in [0.4, 0.5) is 30.4 Å². The number of hydrogen-bond acceptors (Lipinski definition) is 7. The molecule has 0 atom stereocenters. The Labute approximate surface area is 202 Å². The van der Waals surface area contributed by atoms with Gasteiger partial charge in [0.05, 0.1) is 24.0 Å². The molecule has 0 fully saturated rings. The minimum Gasteiger partial charge on any atom is -0.435 e. The number of amides is 3. The number of hydrogen-bond donors (Lipinski definition) is 4. The van der Waals surface area contributed by atoms with Crippen LogP contribution in [0.1, 0.15) is 46.3 Å². The van der Waals surface area contributed by atoms with Crippen molar-refractivity contribution in [3.8, 4) is 5.75 Å². The quantitative estimate of drug-likeness (QED) is 0.324. The molecule has 0 saturated heterocycles. The smallest absolute Gasteiger partial charge is 0.387 e. The standard InChI is InChI=1S/C22H22F3N7O4/c1-10(2)32-19(26)16(20(27)34)17(31-32)21(35)30-14-8-12(9-28-18(14)23)29-15(33)7-11-3-5-13(6-4-11)36-22(24)25/h3-6,8-10,22H,7,26H2,1-2H3,(H2,27,34)(H,29,33)(H,30,35). The van der Waals surface area contributed by atoms with Crippen LogP contribution in [0.25, 0.3) is 0 Å². The van der Waals surface area contributed by atoms with Crippen LogP contribution in [0.5, 0.6) is 5.75 Å². The summed E-state index contributed by atoms with van der Waals surface area (Å²) in [5.74, 6) is -3.72. The molecule has 3 aromatic rings. The van der Waals surface area contributed by atoms with Crippen LogP contribution in [0, 0.1) is 5.95 Å². The third kappa shape index (κ3) is 6.08. The second kappa shape index (κ2) is 10.8. The molecule has 0 aliphatic heterocycles. The Morgan fingerprint density at radius 3 is 2.39 bits per heavy atom. The fourth-order valence-corrected chi connectivity index (χ4v) is 3.21. The number of primary amides is 1. The zero-order valence-corrected chi connectivity index (χ0v) is 19.1. The number of carbonyl (C=O) groups is 3. The van der Waals surface area contributed by atoms with Crippen LogP contribution in [-0.4, -0.2) is 39.1 Å². The third-order valence-electron chi connectivity index (χ3n) is 4.78. The Balaban J connectivity index is 1.73. The van der Waals surface area contributed by atoms with E-state index in [-0.39, 0.29) is 35.3 Å². The van der Waals surface area contributed by atoms with Crippen molar-refractivity contribution in [3.63, 3.8) is 0 Å². The van der Waals surface area contributed by atoms with Gasteiger partial charge in [0.25, 0.3) is 11.8 Å². The van der Waals surface area contributed by atoms with Gasteiger partial charge in [-0.3, -0.25) is 14.4 Å². The van der Waals surface area contributed by atoms with Gasteiger partial charge < -0.3 is 26.8 Å². The zero-order chi connectivity index (χ0) is 26.6. The van der Waals surface area contributed by atoms with Crippen molar-refractivity contribution >= 4 is 34.9 Å². The lowest BCUT2D eigenvalue weighted by Crippen LogP contribution is -2.21. The first-order valence-electron chi connectivity index (χ1n) is 10.4. The number of alkyl halides is 2. The number of nitrogens with one attached hydrogen (secondary N) is 2. The molecule has 0 bridgehead atoms. The van der Waals surface area contributed by atoms with Crippen molar-refractivity contribution in [2.75, 3.05) is 16.4 Å². The van der Waals surface area contributed by atoms with Gasteiger partial charge in [0, 0.05) is 6.04 Å².